The lowest BCUT2D eigenvalue weighted by Crippen LogP contribution is -2.36. The van der Waals surface area contributed by atoms with E-state index in [1.807, 2.05) is 6.92 Å². The van der Waals surface area contributed by atoms with E-state index in [-0.39, 0.29) is 5.54 Å². The third-order valence-corrected chi connectivity index (χ3v) is 4.34. The van der Waals surface area contributed by atoms with Gasteiger partial charge in [-0.25, -0.2) is 0 Å². The number of rotatable bonds is 8. The number of benzene rings is 1. The minimum Gasteiger partial charge on any atom is -0.380 e. The fraction of sp³-hybridized carbons (Fsp3) is 0.455. The average Bonchev–Trinajstić information content (AvgIpc) is 2.46. The zero-order chi connectivity index (χ0) is 17.6. The van der Waals surface area contributed by atoms with Gasteiger partial charge in [0.25, 0.3) is 0 Å². The quantitative estimate of drug-likeness (QED) is 0.562. The van der Waals surface area contributed by atoms with Gasteiger partial charge in [0.2, 0.25) is 0 Å². The van der Waals surface area contributed by atoms with E-state index in [1.165, 1.54) is 16.7 Å². The first-order valence-corrected chi connectivity index (χ1v) is 8.60. The summed E-state index contributed by atoms with van der Waals surface area (Å²) in [7, 11) is 0. The zero-order valence-electron chi connectivity index (χ0n) is 15.8. The van der Waals surface area contributed by atoms with Crippen LogP contribution in [-0.2, 0) is 6.42 Å². The predicted octanol–water partition coefficient (Wildman–Crippen LogP) is 6.22. The van der Waals surface area contributed by atoms with Crippen LogP contribution < -0.4 is 5.32 Å². The topological polar surface area (TPSA) is 12.0 Å². The molecule has 126 valence electrons. The number of allylic oxidation sites excluding steroid dienone is 2. The molecule has 0 fully saturated rings. The van der Waals surface area contributed by atoms with Crippen molar-refractivity contribution in [2.75, 3.05) is 0 Å². The first-order chi connectivity index (χ1) is 10.7. The van der Waals surface area contributed by atoms with Gasteiger partial charge in [0.1, 0.15) is 0 Å². The van der Waals surface area contributed by atoms with Crippen molar-refractivity contribution in [3.8, 4) is 0 Å². The predicted molar refractivity (Wildman–Crippen MR) is 105 cm³/mol. The van der Waals surface area contributed by atoms with Crippen molar-refractivity contribution < 1.29 is 0 Å². The number of hydrogen-bond donors (Lipinski definition) is 1. The molecule has 1 heteroatoms. The molecule has 0 atom stereocenters. The van der Waals surface area contributed by atoms with Crippen LogP contribution in [0.15, 0.2) is 43.0 Å². The minimum absolute atomic E-state index is 0.0510. The first kappa shape index (κ1) is 19.3. The number of nitrogens with one attached hydrogen (secondary N) is 1. The summed E-state index contributed by atoms with van der Waals surface area (Å²) >= 11 is 0. The van der Waals surface area contributed by atoms with Gasteiger partial charge in [0.15, 0.2) is 0 Å². The summed E-state index contributed by atoms with van der Waals surface area (Å²) in [5.41, 5.74) is 5.98. The van der Waals surface area contributed by atoms with E-state index < -0.39 is 0 Å². The molecule has 0 spiro atoms. The summed E-state index contributed by atoms with van der Waals surface area (Å²) < 4.78 is 0. The largest absolute Gasteiger partial charge is 0.380 e. The fourth-order valence-electron chi connectivity index (χ4n) is 2.32. The van der Waals surface area contributed by atoms with Gasteiger partial charge >= 0.3 is 0 Å². The number of hydrogen-bond acceptors (Lipinski definition) is 1. The van der Waals surface area contributed by atoms with Crippen molar-refractivity contribution in [2.45, 2.75) is 59.9 Å². The van der Waals surface area contributed by atoms with E-state index >= 15 is 0 Å². The fourth-order valence-corrected chi connectivity index (χ4v) is 2.32. The highest BCUT2D eigenvalue weighted by Crippen LogP contribution is 2.23. The van der Waals surface area contributed by atoms with E-state index in [1.54, 1.807) is 0 Å². The molecule has 1 aromatic rings. The van der Waals surface area contributed by atoms with Crippen LogP contribution >= 0.6 is 0 Å². The summed E-state index contributed by atoms with van der Waals surface area (Å²) in [4.78, 5) is 0. The van der Waals surface area contributed by atoms with Crippen molar-refractivity contribution in [1.29, 1.82) is 0 Å². The second-order valence-corrected chi connectivity index (χ2v) is 7.29. The molecular weight excluding hydrogens is 278 g/mol. The van der Waals surface area contributed by atoms with E-state index in [0.717, 1.165) is 24.1 Å². The molecule has 0 heterocycles. The van der Waals surface area contributed by atoms with Gasteiger partial charge in [0, 0.05) is 11.2 Å². The third kappa shape index (κ3) is 6.09. The van der Waals surface area contributed by atoms with Crippen molar-refractivity contribution in [2.24, 2.45) is 5.92 Å². The average molecular weight is 312 g/mol. The molecule has 0 saturated carbocycles. The summed E-state index contributed by atoms with van der Waals surface area (Å²) in [6, 6.07) is 6.68. The van der Waals surface area contributed by atoms with Crippen molar-refractivity contribution >= 4 is 11.8 Å². The molecule has 0 aliphatic heterocycles. The summed E-state index contributed by atoms with van der Waals surface area (Å²) in [5, 5.41) is 3.55. The maximum atomic E-state index is 4.26. The van der Waals surface area contributed by atoms with Crippen molar-refractivity contribution in [3.05, 3.63) is 59.7 Å². The Morgan fingerprint density at radius 3 is 2.39 bits per heavy atom. The molecule has 23 heavy (non-hydrogen) atoms. The molecule has 0 saturated heterocycles. The summed E-state index contributed by atoms with van der Waals surface area (Å²) in [6.45, 7) is 21.5. The monoisotopic (exact) mass is 311 g/mol. The van der Waals surface area contributed by atoms with E-state index in [4.69, 9.17) is 0 Å². The molecule has 0 unspecified atom stereocenters. The molecule has 0 aliphatic rings. The van der Waals surface area contributed by atoms with Gasteiger partial charge in [-0.15, -0.1) is 0 Å². The lowest BCUT2D eigenvalue weighted by Gasteiger charge is -2.27. The lowest BCUT2D eigenvalue weighted by atomic mass is 9.93. The van der Waals surface area contributed by atoms with Crippen LogP contribution in [0.2, 0.25) is 0 Å². The Kier molecular flexibility index (Phi) is 6.87. The third-order valence-electron chi connectivity index (χ3n) is 4.34. The second kappa shape index (κ2) is 8.19. The second-order valence-electron chi connectivity index (χ2n) is 7.29. The molecule has 1 aromatic carbocycles. The van der Waals surface area contributed by atoms with Gasteiger partial charge in [-0.3, -0.25) is 0 Å². The first-order valence-electron chi connectivity index (χ1n) is 8.60. The van der Waals surface area contributed by atoms with Crippen LogP contribution in [0, 0.1) is 5.92 Å². The molecule has 0 aromatic heterocycles. The molecule has 0 bridgehead atoms. The van der Waals surface area contributed by atoms with Crippen molar-refractivity contribution in [3.63, 3.8) is 0 Å². The maximum absolute atomic E-state index is 4.26. The molecule has 0 radical (unpaired) electrons. The standard InChI is InChI=1S/C22H33N/c1-9-11-19-13-20(12-17(5)16(3)4)15-21(14-19)18(6)23-22(7,8)10-2/h9,11,13-16,23H,5-6,10,12H2,1-4,7-8H3/b11-9+. The zero-order valence-corrected chi connectivity index (χ0v) is 15.8. The van der Waals surface area contributed by atoms with Crippen LogP contribution in [0.4, 0.5) is 0 Å². The van der Waals surface area contributed by atoms with Crippen LogP contribution in [-0.4, -0.2) is 5.54 Å². The van der Waals surface area contributed by atoms with Crippen LogP contribution in [0.3, 0.4) is 0 Å². The maximum Gasteiger partial charge on any atom is 0.0345 e. The van der Waals surface area contributed by atoms with Crippen molar-refractivity contribution in [1.82, 2.24) is 5.32 Å². The Hall–Kier alpha value is -1.76. The highest BCUT2D eigenvalue weighted by molar-refractivity contribution is 5.67. The SMILES string of the molecule is C=C(NC(C)(C)CC)c1cc(/C=C/C)cc(CC(=C)C(C)C)c1. The van der Waals surface area contributed by atoms with E-state index in [2.05, 4.69) is 83.4 Å². The Bertz CT molecular complexity index is 588. The summed E-state index contributed by atoms with van der Waals surface area (Å²) in [5.74, 6) is 0.504. The van der Waals surface area contributed by atoms with Gasteiger partial charge in [-0.05, 0) is 68.4 Å². The van der Waals surface area contributed by atoms with Crippen LogP contribution in [0.5, 0.6) is 0 Å². The molecule has 0 aliphatic carbocycles. The smallest absolute Gasteiger partial charge is 0.0345 e. The van der Waals surface area contributed by atoms with Crippen LogP contribution in [0.1, 0.15) is 64.7 Å². The molecule has 1 N–H and O–H groups in total. The summed E-state index contributed by atoms with van der Waals surface area (Å²) in [6.07, 6.45) is 6.19. The lowest BCUT2D eigenvalue weighted by molar-refractivity contribution is 0.437. The Labute approximate surface area is 143 Å². The van der Waals surface area contributed by atoms with Gasteiger partial charge in [-0.1, -0.05) is 57.7 Å². The molecule has 1 nitrogen and oxygen atoms in total. The highest BCUT2D eigenvalue weighted by atomic mass is 15.0. The van der Waals surface area contributed by atoms with Gasteiger partial charge < -0.3 is 5.32 Å². The van der Waals surface area contributed by atoms with E-state index in [0.29, 0.717) is 5.92 Å². The normalized spacial score (nSPS) is 12.0. The van der Waals surface area contributed by atoms with Gasteiger partial charge in [0.05, 0.1) is 0 Å². The molecular formula is C22H33N. The molecule has 0 amide bonds. The van der Waals surface area contributed by atoms with Gasteiger partial charge in [-0.2, -0.15) is 0 Å². The van der Waals surface area contributed by atoms with Crippen LogP contribution in [0.25, 0.3) is 11.8 Å². The van der Waals surface area contributed by atoms with E-state index in [9.17, 15) is 0 Å². The Balaban J connectivity index is 3.13. The Morgan fingerprint density at radius 2 is 1.87 bits per heavy atom. The molecule has 1 rings (SSSR count). The highest BCUT2D eigenvalue weighted by Gasteiger charge is 2.16. The minimum atomic E-state index is 0.0510. The Morgan fingerprint density at radius 1 is 1.22 bits per heavy atom.